The maximum atomic E-state index is 13.1. The molecule has 0 amide bonds. The van der Waals surface area contributed by atoms with Gasteiger partial charge in [0.1, 0.15) is 0 Å². The minimum absolute atomic E-state index is 0.102. The van der Waals surface area contributed by atoms with Gasteiger partial charge >= 0.3 is 6.18 Å². The summed E-state index contributed by atoms with van der Waals surface area (Å²) in [5, 5.41) is 0.126. The minimum atomic E-state index is -4.38. The fourth-order valence-electron chi connectivity index (χ4n) is 2.59. The first-order valence-electron chi connectivity index (χ1n) is 8.16. The van der Waals surface area contributed by atoms with Crippen molar-refractivity contribution in [2.45, 2.75) is 57.7 Å². The van der Waals surface area contributed by atoms with E-state index < -0.39 is 20.1 Å². The van der Waals surface area contributed by atoms with Crippen molar-refractivity contribution in [3.63, 3.8) is 0 Å². The summed E-state index contributed by atoms with van der Waals surface area (Å²) in [4.78, 5) is 1.96. The number of nitrogens with two attached hydrogens (primary N) is 1. The van der Waals surface area contributed by atoms with Gasteiger partial charge in [-0.1, -0.05) is 26.8 Å². The second-order valence-electron chi connectivity index (χ2n) is 8.07. The Kier molecular flexibility index (Phi) is 5.10. The number of rotatable bonds is 4. The molecular formula is C17H27F3N2OSi. The molecule has 1 fully saturated rings. The van der Waals surface area contributed by atoms with Gasteiger partial charge in [-0.2, -0.15) is 13.2 Å². The molecule has 2 N–H and O–H groups in total. The summed E-state index contributed by atoms with van der Waals surface area (Å²) in [6.45, 7) is 12.4. The molecule has 2 rings (SSSR count). The number of nitrogen functional groups attached to an aromatic ring is 1. The van der Waals surface area contributed by atoms with Crippen LogP contribution in [-0.4, -0.2) is 32.4 Å². The van der Waals surface area contributed by atoms with Crippen molar-refractivity contribution in [1.82, 2.24) is 4.90 Å². The van der Waals surface area contributed by atoms with Gasteiger partial charge < -0.3 is 10.2 Å². The fraction of sp³-hybridized carbons (Fsp3) is 0.647. The minimum Gasteiger partial charge on any atom is -0.411 e. The van der Waals surface area contributed by atoms with Crippen molar-refractivity contribution in [3.05, 3.63) is 29.3 Å². The Balaban J connectivity index is 2.00. The molecule has 24 heavy (non-hydrogen) atoms. The van der Waals surface area contributed by atoms with Crippen molar-refractivity contribution < 1.29 is 17.6 Å². The first-order valence-corrected chi connectivity index (χ1v) is 11.1. The van der Waals surface area contributed by atoms with Gasteiger partial charge in [0.15, 0.2) is 8.32 Å². The Bertz CT molecular complexity index is 590. The number of benzene rings is 1. The van der Waals surface area contributed by atoms with Gasteiger partial charge in [0.05, 0.1) is 11.7 Å². The van der Waals surface area contributed by atoms with Gasteiger partial charge in [-0.25, -0.2) is 0 Å². The van der Waals surface area contributed by atoms with E-state index in [-0.39, 0.29) is 28.9 Å². The van der Waals surface area contributed by atoms with E-state index in [2.05, 4.69) is 33.9 Å². The zero-order valence-corrected chi connectivity index (χ0v) is 16.0. The van der Waals surface area contributed by atoms with Crippen LogP contribution in [0.25, 0.3) is 0 Å². The van der Waals surface area contributed by atoms with Crippen LogP contribution in [0.5, 0.6) is 0 Å². The zero-order valence-electron chi connectivity index (χ0n) is 15.0. The third-order valence-corrected chi connectivity index (χ3v) is 9.63. The molecule has 0 spiro atoms. The van der Waals surface area contributed by atoms with Crippen LogP contribution in [0.1, 0.15) is 31.9 Å². The van der Waals surface area contributed by atoms with E-state index in [0.29, 0.717) is 13.1 Å². The van der Waals surface area contributed by atoms with Gasteiger partial charge in [-0.15, -0.1) is 0 Å². The van der Waals surface area contributed by atoms with Crippen LogP contribution in [0.15, 0.2) is 18.2 Å². The molecule has 1 saturated heterocycles. The largest absolute Gasteiger partial charge is 0.416 e. The van der Waals surface area contributed by atoms with Crippen LogP contribution < -0.4 is 5.73 Å². The topological polar surface area (TPSA) is 38.5 Å². The van der Waals surface area contributed by atoms with Gasteiger partial charge in [-0.05, 0) is 30.3 Å². The van der Waals surface area contributed by atoms with Gasteiger partial charge in [0, 0.05) is 30.9 Å². The molecule has 1 aliphatic rings. The molecule has 0 aromatic heterocycles. The lowest BCUT2D eigenvalue weighted by molar-refractivity contribution is -0.138. The van der Waals surface area contributed by atoms with Crippen molar-refractivity contribution in [1.29, 1.82) is 0 Å². The van der Waals surface area contributed by atoms with E-state index in [9.17, 15) is 13.2 Å². The SMILES string of the molecule is CC(C)(C)[Si](C)(C)OC1CN(Cc2c(N)cccc2C(F)(F)F)C1. The van der Waals surface area contributed by atoms with Crippen molar-refractivity contribution in [2.75, 3.05) is 18.8 Å². The summed E-state index contributed by atoms with van der Waals surface area (Å²) in [7, 11) is -1.84. The number of halogens is 3. The molecule has 1 aromatic carbocycles. The molecule has 1 heterocycles. The molecule has 0 bridgehead atoms. The standard InChI is InChI=1S/C17H27F3N2OSi/c1-16(2,3)24(4,5)23-12-9-22(10-12)11-13-14(17(18,19)20)7-6-8-15(13)21/h6-8,12H,9-11,21H2,1-5H3. The number of anilines is 1. The van der Waals surface area contributed by atoms with Crippen molar-refractivity contribution in [2.24, 2.45) is 0 Å². The van der Waals surface area contributed by atoms with Gasteiger partial charge in [-0.3, -0.25) is 4.90 Å². The number of alkyl halides is 3. The molecule has 0 aliphatic carbocycles. The highest BCUT2D eigenvalue weighted by Gasteiger charge is 2.42. The van der Waals surface area contributed by atoms with E-state index in [4.69, 9.17) is 10.2 Å². The maximum Gasteiger partial charge on any atom is 0.416 e. The molecule has 136 valence electrons. The molecular weight excluding hydrogens is 333 g/mol. The van der Waals surface area contributed by atoms with E-state index in [1.54, 1.807) is 0 Å². The predicted octanol–water partition coefficient (Wildman–Crippen LogP) is 4.49. The lowest BCUT2D eigenvalue weighted by Gasteiger charge is -2.46. The normalized spacial score (nSPS) is 17.8. The third-order valence-electron chi connectivity index (χ3n) is 5.09. The summed E-state index contributed by atoms with van der Waals surface area (Å²) in [6.07, 6.45) is -4.28. The highest BCUT2D eigenvalue weighted by molar-refractivity contribution is 6.74. The Morgan fingerprint density at radius 3 is 2.29 bits per heavy atom. The number of hydrogen-bond acceptors (Lipinski definition) is 3. The van der Waals surface area contributed by atoms with Crippen molar-refractivity contribution in [3.8, 4) is 0 Å². The smallest absolute Gasteiger partial charge is 0.411 e. The van der Waals surface area contributed by atoms with Crippen LogP contribution in [-0.2, 0) is 17.1 Å². The van der Waals surface area contributed by atoms with Crippen LogP contribution in [0.2, 0.25) is 18.1 Å². The molecule has 0 saturated carbocycles. The molecule has 0 atom stereocenters. The monoisotopic (exact) mass is 360 g/mol. The van der Waals surface area contributed by atoms with Crippen molar-refractivity contribution >= 4 is 14.0 Å². The van der Waals surface area contributed by atoms with Crippen LogP contribution in [0, 0.1) is 0 Å². The average molecular weight is 360 g/mol. The highest BCUT2D eigenvalue weighted by Crippen LogP contribution is 2.39. The molecule has 1 aliphatic heterocycles. The molecule has 7 heteroatoms. The lowest BCUT2D eigenvalue weighted by atomic mass is 10.0. The Morgan fingerprint density at radius 1 is 1.21 bits per heavy atom. The first-order chi connectivity index (χ1) is 10.8. The average Bonchev–Trinajstić information content (AvgIpc) is 2.35. The number of hydrogen-bond donors (Lipinski definition) is 1. The van der Waals surface area contributed by atoms with Gasteiger partial charge in [0.25, 0.3) is 0 Å². The summed E-state index contributed by atoms with van der Waals surface area (Å²) < 4.78 is 45.7. The van der Waals surface area contributed by atoms with Crippen LogP contribution >= 0.6 is 0 Å². The Hall–Kier alpha value is -1.05. The summed E-state index contributed by atoms with van der Waals surface area (Å²) in [5.74, 6) is 0. The molecule has 0 radical (unpaired) electrons. The van der Waals surface area contributed by atoms with E-state index >= 15 is 0 Å². The number of nitrogens with zero attached hydrogens (tertiary/aromatic N) is 1. The lowest BCUT2D eigenvalue weighted by Crippen LogP contribution is -2.57. The van der Waals surface area contributed by atoms with E-state index in [1.165, 1.54) is 12.1 Å². The fourth-order valence-corrected chi connectivity index (χ4v) is 3.93. The van der Waals surface area contributed by atoms with E-state index in [1.807, 2.05) is 4.90 Å². The summed E-state index contributed by atoms with van der Waals surface area (Å²) >= 11 is 0. The Morgan fingerprint density at radius 2 is 1.79 bits per heavy atom. The first kappa shape index (κ1) is 19.3. The summed E-state index contributed by atoms with van der Waals surface area (Å²) in [5.41, 5.74) is 5.50. The number of likely N-dealkylation sites (tertiary alicyclic amines) is 1. The predicted molar refractivity (Wildman–Crippen MR) is 93.2 cm³/mol. The second kappa shape index (κ2) is 6.35. The highest BCUT2D eigenvalue weighted by atomic mass is 28.4. The maximum absolute atomic E-state index is 13.1. The molecule has 3 nitrogen and oxygen atoms in total. The molecule has 0 unspecified atom stereocenters. The second-order valence-corrected chi connectivity index (χ2v) is 12.8. The van der Waals surface area contributed by atoms with Crippen LogP contribution in [0.3, 0.4) is 0 Å². The van der Waals surface area contributed by atoms with Gasteiger partial charge in [0.2, 0.25) is 0 Å². The van der Waals surface area contributed by atoms with Crippen LogP contribution in [0.4, 0.5) is 18.9 Å². The Labute approximate surface area is 143 Å². The molecule has 1 aromatic rings. The zero-order chi connectivity index (χ0) is 18.3. The quantitative estimate of drug-likeness (QED) is 0.635. The summed E-state index contributed by atoms with van der Waals surface area (Å²) in [6, 6.07) is 3.96. The third kappa shape index (κ3) is 4.13. The van der Waals surface area contributed by atoms with E-state index in [0.717, 1.165) is 6.07 Å².